The van der Waals surface area contributed by atoms with E-state index in [4.69, 9.17) is 0 Å². The number of aryl methyl sites for hydroxylation is 1. The maximum absolute atomic E-state index is 12.8. The summed E-state index contributed by atoms with van der Waals surface area (Å²) >= 11 is 1.62. The lowest BCUT2D eigenvalue weighted by Gasteiger charge is -2.12. The SMILES string of the molecule is Cc1ccc(CN2C(=O)NC(=Cc3ccccc3Sc3ccccc3)C2=O)cc1. The topological polar surface area (TPSA) is 49.4 Å². The van der Waals surface area contributed by atoms with Crippen molar-refractivity contribution in [3.63, 3.8) is 0 Å². The van der Waals surface area contributed by atoms with Gasteiger partial charge < -0.3 is 5.32 Å². The van der Waals surface area contributed by atoms with Crippen molar-refractivity contribution in [2.45, 2.75) is 23.3 Å². The smallest absolute Gasteiger partial charge is 0.303 e. The van der Waals surface area contributed by atoms with Gasteiger partial charge in [-0.2, -0.15) is 0 Å². The standard InChI is InChI=1S/C24H20N2O2S/c1-17-11-13-18(14-12-17)16-26-23(27)21(25-24(26)28)15-19-7-5-6-10-22(19)29-20-8-3-2-4-9-20/h2-15H,16H2,1H3,(H,25,28). The van der Waals surface area contributed by atoms with Gasteiger partial charge in [-0.05, 0) is 42.3 Å². The van der Waals surface area contributed by atoms with Crippen LogP contribution in [0, 0.1) is 6.92 Å². The average Bonchev–Trinajstić information content (AvgIpc) is 2.99. The molecule has 0 radical (unpaired) electrons. The van der Waals surface area contributed by atoms with Crippen LogP contribution in [0.5, 0.6) is 0 Å². The van der Waals surface area contributed by atoms with Crippen LogP contribution in [0.4, 0.5) is 4.79 Å². The number of amides is 3. The van der Waals surface area contributed by atoms with E-state index in [0.717, 1.165) is 26.5 Å². The summed E-state index contributed by atoms with van der Waals surface area (Å²) in [4.78, 5) is 28.6. The zero-order valence-corrected chi connectivity index (χ0v) is 16.8. The molecule has 1 fully saturated rings. The number of benzene rings is 3. The minimum Gasteiger partial charge on any atom is -0.303 e. The highest BCUT2D eigenvalue weighted by Crippen LogP contribution is 2.31. The van der Waals surface area contributed by atoms with Gasteiger partial charge >= 0.3 is 6.03 Å². The van der Waals surface area contributed by atoms with Gasteiger partial charge in [-0.1, -0.05) is 78.0 Å². The van der Waals surface area contributed by atoms with Gasteiger partial charge in [-0.3, -0.25) is 9.69 Å². The molecule has 0 spiro atoms. The van der Waals surface area contributed by atoms with Crippen LogP contribution in [0.15, 0.2) is 94.4 Å². The average molecular weight is 401 g/mol. The maximum Gasteiger partial charge on any atom is 0.329 e. The summed E-state index contributed by atoms with van der Waals surface area (Å²) in [5.41, 5.74) is 3.24. The van der Waals surface area contributed by atoms with E-state index in [1.165, 1.54) is 4.90 Å². The summed E-state index contributed by atoms with van der Waals surface area (Å²) in [5, 5.41) is 2.71. The number of nitrogens with zero attached hydrogens (tertiary/aromatic N) is 1. The number of urea groups is 1. The number of nitrogens with one attached hydrogen (secondary N) is 1. The van der Waals surface area contributed by atoms with Crippen molar-refractivity contribution in [2.75, 3.05) is 0 Å². The fourth-order valence-corrected chi connectivity index (χ4v) is 3.99. The molecule has 4 nitrogen and oxygen atoms in total. The molecule has 3 aromatic carbocycles. The van der Waals surface area contributed by atoms with Crippen molar-refractivity contribution in [2.24, 2.45) is 0 Å². The minimum atomic E-state index is -0.394. The number of hydrogen-bond acceptors (Lipinski definition) is 3. The molecule has 0 atom stereocenters. The highest BCUT2D eigenvalue weighted by molar-refractivity contribution is 7.99. The van der Waals surface area contributed by atoms with E-state index in [0.29, 0.717) is 5.70 Å². The summed E-state index contributed by atoms with van der Waals surface area (Å²) in [6.45, 7) is 2.26. The second-order valence-electron chi connectivity index (χ2n) is 6.82. The zero-order chi connectivity index (χ0) is 20.2. The first-order chi connectivity index (χ1) is 14.1. The predicted molar refractivity (Wildman–Crippen MR) is 115 cm³/mol. The lowest BCUT2D eigenvalue weighted by molar-refractivity contribution is -0.123. The predicted octanol–water partition coefficient (Wildman–Crippen LogP) is 5.24. The number of imide groups is 1. The number of carbonyl (C=O) groups is 2. The molecule has 1 N–H and O–H groups in total. The van der Waals surface area contributed by atoms with Crippen LogP contribution in [0.25, 0.3) is 6.08 Å². The van der Waals surface area contributed by atoms with Gasteiger partial charge in [0.05, 0.1) is 6.54 Å². The van der Waals surface area contributed by atoms with Gasteiger partial charge in [-0.15, -0.1) is 0 Å². The van der Waals surface area contributed by atoms with Crippen molar-refractivity contribution in [1.82, 2.24) is 10.2 Å². The van der Waals surface area contributed by atoms with Crippen LogP contribution in [-0.4, -0.2) is 16.8 Å². The molecular formula is C24H20N2O2S. The summed E-state index contributed by atoms with van der Waals surface area (Å²) in [5.74, 6) is -0.310. The van der Waals surface area contributed by atoms with Crippen LogP contribution < -0.4 is 5.32 Å². The lowest BCUT2D eigenvalue weighted by atomic mass is 10.1. The summed E-state index contributed by atoms with van der Waals surface area (Å²) in [7, 11) is 0. The molecule has 0 bridgehead atoms. The van der Waals surface area contributed by atoms with Crippen LogP contribution >= 0.6 is 11.8 Å². The van der Waals surface area contributed by atoms with E-state index in [9.17, 15) is 9.59 Å². The largest absolute Gasteiger partial charge is 0.329 e. The first-order valence-corrected chi connectivity index (χ1v) is 10.1. The molecule has 3 aromatic rings. The van der Waals surface area contributed by atoms with Crippen LogP contribution in [0.2, 0.25) is 0 Å². The molecule has 29 heavy (non-hydrogen) atoms. The number of rotatable bonds is 5. The van der Waals surface area contributed by atoms with E-state index in [2.05, 4.69) is 5.32 Å². The van der Waals surface area contributed by atoms with E-state index >= 15 is 0 Å². The van der Waals surface area contributed by atoms with Crippen LogP contribution in [0.3, 0.4) is 0 Å². The van der Waals surface area contributed by atoms with Crippen molar-refractivity contribution in [3.8, 4) is 0 Å². The molecule has 5 heteroatoms. The molecule has 3 amide bonds. The Labute approximate surface area is 174 Å². The van der Waals surface area contributed by atoms with E-state index in [1.807, 2.05) is 85.8 Å². The van der Waals surface area contributed by atoms with Crippen molar-refractivity contribution < 1.29 is 9.59 Å². The Balaban J connectivity index is 1.57. The zero-order valence-electron chi connectivity index (χ0n) is 16.0. The summed E-state index contributed by atoms with van der Waals surface area (Å²) < 4.78 is 0. The highest BCUT2D eigenvalue weighted by Gasteiger charge is 2.33. The third-order valence-electron chi connectivity index (χ3n) is 4.61. The van der Waals surface area contributed by atoms with Gasteiger partial charge in [0.15, 0.2) is 0 Å². The molecule has 1 aliphatic rings. The molecule has 1 saturated heterocycles. The lowest BCUT2D eigenvalue weighted by Crippen LogP contribution is -2.30. The van der Waals surface area contributed by atoms with E-state index in [1.54, 1.807) is 17.8 Å². The Morgan fingerprint density at radius 1 is 0.897 bits per heavy atom. The molecule has 0 saturated carbocycles. The third-order valence-corrected chi connectivity index (χ3v) is 5.71. The van der Waals surface area contributed by atoms with Crippen LogP contribution in [0.1, 0.15) is 16.7 Å². The van der Waals surface area contributed by atoms with Gasteiger partial charge in [0.1, 0.15) is 5.70 Å². The molecule has 0 aromatic heterocycles. The second kappa shape index (κ2) is 8.37. The molecule has 144 valence electrons. The molecular weight excluding hydrogens is 380 g/mol. The third kappa shape index (κ3) is 4.41. The fourth-order valence-electron chi connectivity index (χ4n) is 3.05. The molecule has 4 rings (SSSR count). The normalized spacial score (nSPS) is 15.1. The van der Waals surface area contributed by atoms with Gasteiger partial charge in [-0.25, -0.2) is 4.79 Å². The van der Waals surface area contributed by atoms with Gasteiger partial charge in [0.2, 0.25) is 0 Å². The molecule has 1 heterocycles. The Bertz CT molecular complexity index is 1080. The fraction of sp³-hybridized carbons (Fsp3) is 0.0833. The Morgan fingerprint density at radius 3 is 2.34 bits per heavy atom. The van der Waals surface area contributed by atoms with Crippen molar-refractivity contribution in [1.29, 1.82) is 0 Å². The summed E-state index contributed by atoms with van der Waals surface area (Å²) in [6, 6.07) is 25.3. The Kier molecular flexibility index (Phi) is 5.49. The molecule has 1 aliphatic heterocycles. The Hall–Kier alpha value is -3.31. The van der Waals surface area contributed by atoms with E-state index in [-0.39, 0.29) is 12.5 Å². The monoisotopic (exact) mass is 400 g/mol. The summed E-state index contributed by atoms with van der Waals surface area (Å²) in [6.07, 6.45) is 1.75. The second-order valence-corrected chi connectivity index (χ2v) is 7.93. The van der Waals surface area contributed by atoms with E-state index < -0.39 is 6.03 Å². The minimum absolute atomic E-state index is 0.253. The van der Waals surface area contributed by atoms with Crippen molar-refractivity contribution >= 4 is 29.8 Å². The van der Waals surface area contributed by atoms with Crippen molar-refractivity contribution in [3.05, 3.63) is 101 Å². The van der Waals surface area contributed by atoms with Gasteiger partial charge in [0, 0.05) is 9.79 Å². The first kappa shape index (κ1) is 19.0. The highest BCUT2D eigenvalue weighted by atomic mass is 32.2. The Morgan fingerprint density at radius 2 is 1.59 bits per heavy atom. The maximum atomic E-state index is 12.8. The van der Waals surface area contributed by atoms with Gasteiger partial charge in [0.25, 0.3) is 5.91 Å². The van der Waals surface area contributed by atoms with Crippen LogP contribution in [-0.2, 0) is 11.3 Å². The first-order valence-electron chi connectivity index (χ1n) is 9.32. The molecule has 0 aliphatic carbocycles. The quantitative estimate of drug-likeness (QED) is 0.471. The molecule has 0 unspecified atom stereocenters. The number of hydrogen-bond donors (Lipinski definition) is 1. The number of carbonyl (C=O) groups excluding carboxylic acids is 2.